The Balaban J connectivity index is 1.46. The van der Waals surface area contributed by atoms with E-state index in [1.807, 2.05) is 36.4 Å². The van der Waals surface area contributed by atoms with Gasteiger partial charge in [0.25, 0.3) is 0 Å². The van der Waals surface area contributed by atoms with Crippen molar-refractivity contribution >= 4 is 29.3 Å². The van der Waals surface area contributed by atoms with Crippen molar-refractivity contribution in [2.24, 2.45) is 23.7 Å². The summed E-state index contributed by atoms with van der Waals surface area (Å²) in [7, 11) is 0. The number of carbonyl (C=O) groups excluding carboxylic acids is 1. The van der Waals surface area contributed by atoms with Gasteiger partial charge in [0.15, 0.2) is 5.82 Å². The molecule has 4 rings (SSSR count). The van der Waals surface area contributed by atoms with Crippen molar-refractivity contribution < 1.29 is 14.7 Å². The molecule has 1 aromatic carbocycles. The maximum atomic E-state index is 12.7. The van der Waals surface area contributed by atoms with Gasteiger partial charge in [0.05, 0.1) is 18.4 Å². The summed E-state index contributed by atoms with van der Waals surface area (Å²) in [6.07, 6.45) is 6.38. The summed E-state index contributed by atoms with van der Waals surface area (Å²) in [6.45, 7) is 0.490. The zero-order valence-corrected chi connectivity index (χ0v) is 14.6. The summed E-state index contributed by atoms with van der Waals surface area (Å²) >= 11 is 6.16. The van der Waals surface area contributed by atoms with Crippen molar-refractivity contribution in [1.82, 2.24) is 9.78 Å². The molecule has 134 valence electrons. The van der Waals surface area contributed by atoms with E-state index >= 15 is 0 Å². The van der Waals surface area contributed by atoms with Crippen molar-refractivity contribution in [2.75, 3.05) is 5.32 Å². The van der Waals surface area contributed by atoms with E-state index < -0.39 is 17.8 Å². The van der Waals surface area contributed by atoms with Crippen molar-refractivity contribution in [3.8, 4) is 0 Å². The Kier molecular flexibility index (Phi) is 4.28. The predicted octanol–water partition coefficient (Wildman–Crippen LogP) is 3.05. The van der Waals surface area contributed by atoms with Crippen LogP contribution in [0.4, 0.5) is 5.82 Å². The molecule has 2 aromatic rings. The Morgan fingerprint density at radius 2 is 1.92 bits per heavy atom. The molecule has 6 nitrogen and oxygen atoms in total. The van der Waals surface area contributed by atoms with Crippen LogP contribution in [0.3, 0.4) is 0 Å². The van der Waals surface area contributed by atoms with Gasteiger partial charge in [0, 0.05) is 17.3 Å². The highest BCUT2D eigenvalue weighted by molar-refractivity contribution is 6.31. The molecule has 2 N–H and O–H groups in total. The van der Waals surface area contributed by atoms with Gasteiger partial charge in [-0.1, -0.05) is 42.0 Å². The zero-order valence-electron chi connectivity index (χ0n) is 13.9. The number of nitrogens with zero attached hydrogens (tertiary/aromatic N) is 2. The third-order valence-electron chi connectivity index (χ3n) is 5.23. The second-order valence-electron chi connectivity index (χ2n) is 6.82. The van der Waals surface area contributed by atoms with E-state index in [-0.39, 0.29) is 17.7 Å². The fourth-order valence-corrected chi connectivity index (χ4v) is 4.24. The number of rotatable bonds is 5. The number of fused-ring (bicyclic) bond motifs is 2. The number of allylic oxidation sites excluding steroid dienone is 2. The predicted molar refractivity (Wildman–Crippen MR) is 96.8 cm³/mol. The van der Waals surface area contributed by atoms with E-state index in [1.165, 1.54) is 0 Å². The number of carbonyl (C=O) groups is 2. The number of nitrogens with one attached hydrogen (secondary N) is 1. The molecule has 2 aliphatic rings. The lowest BCUT2D eigenvalue weighted by atomic mass is 9.82. The van der Waals surface area contributed by atoms with Gasteiger partial charge in [-0.3, -0.25) is 14.3 Å². The Bertz CT molecular complexity index is 892. The topological polar surface area (TPSA) is 84.2 Å². The monoisotopic (exact) mass is 371 g/mol. The molecule has 4 atom stereocenters. The summed E-state index contributed by atoms with van der Waals surface area (Å²) in [6, 6.07) is 9.21. The molecule has 0 spiro atoms. The van der Waals surface area contributed by atoms with Crippen LogP contribution in [0.15, 0.2) is 48.7 Å². The quantitative estimate of drug-likeness (QED) is 0.791. The Hall–Kier alpha value is -2.60. The van der Waals surface area contributed by atoms with Gasteiger partial charge < -0.3 is 10.4 Å². The Morgan fingerprint density at radius 1 is 1.19 bits per heavy atom. The van der Waals surface area contributed by atoms with Crippen LogP contribution in [0, 0.1) is 23.7 Å². The van der Waals surface area contributed by atoms with Crippen molar-refractivity contribution in [3.63, 3.8) is 0 Å². The van der Waals surface area contributed by atoms with Gasteiger partial charge in [-0.15, -0.1) is 0 Å². The van der Waals surface area contributed by atoms with Gasteiger partial charge in [0.1, 0.15) is 0 Å². The van der Waals surface area contributed by atoms with Crippen molar-refractivity contribution in [3.05, 3.63) is 59.3 Å². The summed E-state index contributed by atoms with van der Waals surface area (Å²) in [5.41, 5.74) is 0.930. The van der Waals surface area contributed by atoms with Crippen LogP contribution in [0.25, 0.3) is 0 Å². The fourth-order valence-electron chi connectivity index (χ4n) is 4.04. The highest BCUT2D eigenvalue weighted by atomic mass is 35.5. The molecule has 1 saturated carbocycles. The van der Waals surface area contributed by atoms with Crippen LogP contribution in [0.1, 0.15) is 12.0 Å². The molecule has 0 unspecified atom stereocenters. The van der Waals surface area contributed by atoms with E-state index in [2.05, 4.69) is 10.4 Å². The van der Waals surface area contributed by atoms with Crippen LogP contribution in [0.2, 0.25) is 5.02 Å². The smallest absolute Gasteiger partial charge is 0.307 e. The minimum absolute atomic E-state index is 0.00805. The summed E-state index contributed by atoms with van der Waals surface area (Å²) < 4.78 is 1.69. The molecule has 26 heavy (non-hydrogen) atoms. The normalized spacial score (nSPS) is 26.2. The number of amides is 1. The highest BCUT2D eigenvalue weighted by Crippen LogP contribution is 2.48. The lowest BCUT2D eigenvalue weighted by molar-refractivity contribution is -0.146. The number of halogens is 1. The second-order valence-corrected chi connectivity index (χ2v) is 7.22. The van der Waals surface area contributed by atoms with Gasteiger partial charge in [-0.25, -0.2) is 0 Å². The van der Waals surface area contributed by atoms with Crippen LogP contribution in [0.5, 0.6) is 0 Å². The van der Waals surface area contributed by atoms with Crippen LogP contribution in [-0.2, 0) is 16.1 Å². The first-order valence-corrected chi connectivity index (χ1v) is 8.89. The first kappa shape index (κ1) is 16.8. The van der Waals surface area contributed by atoms with E-state index in [4.69, 9.17) is 11.6 Å². The number of anilines is 1. The minimum atomic E-state index is -0.911. The van der Waals surface area contributed by atoms with E-state index in [0.717, 1.165) is 12.0 Å². The number of hydrogen-bond acceptors (Lipinski definition) is 3. The summed E-state index contributed by atoms with van der Waals surface area (Å²) in [5.74, 6) is -2.04. The van der Waals surface area contributed by atoms with Crippen molar-refractivity contribution in [2.45, 2.75) is 13.0 Å². The molecule has 2 aliphatic carbocycles. The van der Waals surface area contributed by atoms with Gasteiger partial charge in [-0.05, 0) is 29.9 Å². The zero-order chi connectivity index (χ0) is 18.3. The number of carboxylic acids is 1. The molecule has 1 amide bonds. The summed E-state index contributed by atoms with van der Waals surface area (Å²) in [5, 5.41) is 17.3. The highest BCUT2D eigenvalue weighted by Gasteiger charge is 2.51. The standard InChI is InChI=1S/C19H18ClN3O3/c20-14-4-2-1-3-13(14)10-23-8-7-15(22-23)21-18(24)16-11-5-6-12(9-11)17(16)19(25)26/h1-8,11-12,16-17H,9-10H2,(H,25,26)(H,21,22,24)/t11-,12-,16-,17+/m0/s1. The Morgan fingerprint density at radius 3 is 2.65 bits per heavy atom. The summed E-state index contributed by atoms with van der Waals surface area (Å²) in [4.78, 5) is 24.2. The molecule has 2 bridgehead atoms. The first-order valence-electron chi connectivity index (χ1n) is 8.52. The number of aliphatic carboxylic acids is 1. The minimum Gasteiger partial charge on any atom is -0.481 e. The number of aromatic nitrogens is 2. The third kappa shape index (κ3) is 3.01. The molecule has 0 saturated heterocycles. The molecule has 1 fully saturated rings. The first-order chi connectivity index (χ1) is 12.5. The molecule has 1 aromatic heterocycles. The number of carboxylic acid groups (broad SMARTS) is 1. The maximum absolute atomic E-state index is 12.7. The lowest BCUT2D eigenvalue weighted by Crippen LogP contribution is -2.36. The van der Waals surface area contributed by atoms with Crippen LogP contribution < -0.4 is 5.32 Å². The third-order valence-corrected chi connectivity index (χ3v) is 5.60. The van der Waals surface area contributed by atoms with Crippen molar-refractivity contribution in [1.29, 1.82) is 0 Å². The average molecular weight is 372 g/mol. The van der Waals surface area contributed by atoms with E-state index in [0.29, 0.717) is 17.4 Å². The SMILES string of the molecule is O=C(Nc1ccn(Cc2ccccc2Cl)n1)[C@@H]1[C@H](C(=O)O)[C@H]2C=C[C@H]1C2. The van der Waals surface area contributed by atoms with Crippen LogP contribution in [-0.4, -0.2) is 26.8 Å². The molecule has 1 heterocycles. The maximum Gasteiger partial charge on any atom is 0.307 e. The molecule has 7 heteroatoms. The Labute approximate surface area is 155 Å². The van der Waals surface area contributed by atoms with Gasteiger partial charge >= 0.3 is 5.97 Å². The van der Waals surface area contributed by atoms with Gasteiger partial charge in [-0.2, -0.15) is 5.10 Å². The largest absolute Gasteiger partial charge is 0.481 e. The van der Waals surface area contributed by atoms with Gasteiger partial charge in [0.2, 0.25) is 5.91 Å². The lowest BCUT2D eigenvalue weighted by Gasteiger charge is -2.23. The van der Waals surface area contributed by atoms with E-state index in [1.54, 1.807) is 16.9 Å². The van der Waals surface area contributed by atoms with E-state index in [9.17, 15) is 14.7 Å². The molecular weight excluding hydrogens is 354 g/mol. The number of benzene rings is 1. The molecule has 0 radical (unpaired) electrons. The fraction of sp³-hybridized carbons (Fsp3) is 0.316. The molecular formula is C19H18ClN3O3. The average Bonchev–Trinajstić information content (AvgIpc) is 3.32. The molecule has 0 aliphatic heterocycles. The second kappa shape index (κ2) is 6.61. The van der Waals surface area contributed by atoms with Crippen LogP contribution >= 0.6 is 11.6 Å². The number of hydrogen-bond donors (Lipinski definition) is 2.